The highest BCUT2D eigenvalue weighted by molar-refractivity contribution is 7.99. The molecule has 2 rings (SSSR count). The molecule has 0 N–H and O–H groups in total. The summed E-state index contributed by atoms with van der Waals surface area (Å²) in [5.74, 6) is 0. The third-order valence-electron chi connectivity index (χ3n) is 3.53. The highest BCUT2D eigenvalue weighted by Crippen LogP contribution is 2.31. The van der Waals surface area contributed by atoms with Gasteiger partial charge in [-0.05, 0) is 33.1 Å². The zero-order chi connectivity index (χ0) is 12.3. The molecule has 0 radical (unpaired) electrons. The van der Waals surface area contributed by atoms with Gasteiger partial charge in [0.15, 0.2) is 0 Å². The van der Waals surface area contributed by atoms with Gasteiger partial charge in [-0.3, -0.25) is 14.9 Å². The minimum Gasteiger partial charge on any atom is -0.296 e. The van der Waals surface area contributed by atoms with E-state index in [-0.39, 0.29) is 0 Å². The van der Waals surface area contributed by atoms with Crippen LogP contribution >= 0.6 is 11.8 Å². The van der Waals surface area contributed by atoms with Crippen molar-refractivity contribution in [1.82, 2.24) is 14.9 Å². The van der Waals surface area contributed by atoms with E-state index in [4.69, 9.17) is 0 Å². The molecule has 1 heterocycles. The summed E-state index contributed by atoms with van der Waals surface area (Å²) in [5.41, 5.74) is 2.06. The predicted octanol–water partition coefficient (Wildman–Crippen LogP) is 2.50. The Hall–Kier alpha value is -0.610. The lowest BCUT2D eigenvalue weighted by Crippen LogP contribution is -2.35. The summed E-state index contributed by atoms with van der Waals surface area (Å²) in [7, 11) is 2.21. The number of aryl methyl sites for hydroxylation is 1. The maximum absolute atomic E-state index is 4.43. The van der Waals surface area contributed by atoms with Gasteiger partial charge < -0.3 is 0 Å². The van der Waals surface area contributed by atoms with Crippen LogP contribution in [0.2, 0.25) is 0 Å². The molecule has 3 nitrogen and oxygen atoms in total. The largest absolute Gasteiger partial charge is 0.296 e. The van der Waals surface area contributed by atoms with Crippen molar-refractivity contribution in [3.63, 3.8) is 0 Å². The molecule has 0 spiro atoms. The Kier molecular flexibility index (Phi) is 4.40. The first-order valence-corrected chi connectivity index (χ1v) is 7.50. The quantitative estimate of drug-likeness (QED) is 0.822. The average molecular weight is 251 g/mol. The van der Waals surface area contributed by atoms with Crippen LogP contribution in [0.4, 0.5) is 0 Å². The summed E-state index contributed by atoms with van der Waals surface area (Å²) in [6.45, 7) is 2.89. The van der Waals surface area contributed by atoms with Gasteiger partial charge in [-0.2, -0.15) is 11.8 Å². The van der Waals surface area contributed by atoms with E-state index in [2.05, 4.69) is 28.2 Å². The molecule has 1 saturated carbocycles. The number of hydrogen-bond acceptors (Lipinski definition) is 4. The third-order valence-corrected chi connectivity index (χ3v) is 4.69. The van der Waals surface area contributed by atoms with Crippen LogP contribution in [0.5, 0.6) is 0 Å². The average Bonchev–Trinajstić information content (AvgIpc) is 2.80. The standard InChI is InChI=1S/C13H21N3S/c1-10-7-15-11(8-14-10)9-16(2)12-5-4-6-13(12)17-3/h7-8,12-13H,4-6,9H2,1-3H3. The molecule has 17 heavy (non-hydrogen) atoms. The van der Waals surface area contributed by atoms with Crippen molar-refractivity contribution in [2.45, 2.75) is 44.0 Å². The van der Waals surface area contributed by atoms with Gasteiger partial charge in [-0.15, -0.1) is 0 Å². The number of aromatic nitrogens is 2. The van der Waals surface area contributed by atoms with E-state index in [9.17, 15) is 0 Å². The maximum atomic E-state index is 4.43. The number of rotatable bonds is 4. The molecule has 2 atom stereocenters. The molecule has 0 bridgehead atoms. The highest BCUT2D eigenvalue weighted by atomic mass is 32.2. The van der Waals surface area contributed by atoms with Crippen molar-refractivity contribution in [2.24, 2.45) is 0 Å². The smallest absolute Gasteiger partial charge is 0.0727 e. The predicted molar refractivity (Wildman–Crippen MR) is 73.2 cm³/mol. The van der Waals surface area contributed by atoms with Crippen molar-refractivity contribution >= 4 is 11.8 Å². The molecular weight excluding hydrogens is 230 g/mol. The monoisotopic (exact) mass is 251 g/mol. The molecule has 1 aliphatic carbocycles. The summed E-state index contributed by atoms with van der Waals surface area (Å²) < 4.78 is 0. The van der Waals surface area contributed by atoms with Gasteiger partial charge in [0.1, 0.15) is 0 Å². The highest BCUT2D eigenvalue weighted by Gasteiger charge is 2.29. The van der Waals surface area contributed by atoms with E-state index in [1.165, 1.54) is 19.3 Å². The lowest BCUT2D eigenvalue weighted by Gasteiger charge is -2.28. The fourth-order valence-corrected chi connectivity index (χ4v) is 3.62. The first kappa shape index (κ1) is 12.8. The maximum Gasteiger partial charge on any atom is 0.0727 e. The summed E-state index contributed by atoms with van der Waals surface area (Å²) >= 11 is 2.00. The first-order valence-electron chi connectivity index (χ1n) is 6.21. The Morgan fingerprint density at radius 1 is 1.35 bits per heavy atom. The van der Waals surface area contributed by atoms with Crippen LogP contribution in [-0.4, -0.2) is 39.5 Å². The topological polar surface area (TPSA) is 29.0 Å². The van der Waals surface area contributed by atoms with Crippen molar-refractivity contribution < 1.29 is 0 Å². The Balaban J connectivity index is 1.96. The molecule has 1 aromatic heterocycles. The van der Waals surface area contributed by atoms with Crippen LogP contribution in [-0.2, 0) is 6.54 Å². The molecule has 94 valence electrons. The van der Waals surface area contributed by atoms with E-state index < -0.39 is 0 Å². The van der Waals surface area contributed by atoms with Crippen molar-refractivity contribution in [3.05, 3.63) is 23.8 Å². The molecule has 0 saturated heterocycles. The van der Waals surface area contributed by atoms with Gasteiger partial charge >= 0.3 is 0 Å². The Labute approximate surface area is 108 Å². The molecule has 0 amide bonds. The SMILES string of the molecule is CSC1CCCC1N(C)Cc1cnc(C)cn1. The first-order chi connectivity index (χ1) is 8.20. The van der Waals surface area contributed by atoms with E-state index >= 15 is 0 Å². The van der Waals surface area contributed by atoms with Crippen LogP contribution in [0, 0.1) is 6.92 Å². The second-order valence-corrected chi connectivity index (χ2v) is 5.91. The van der Waals surface area contributed by atoms with Gasteiger partial charge in [0.25, 0.3) is 0 Å². The summed E-state index contributed by atoms with van der Waals surface area (Å²) in [5, 5.41) is 0.790. The van der Waals surface area contributed by atoms with Gasteiger partial charge in [0.2, 0.25) is 0 Å². The Morgan fingerprint density at radius 3 is 2.82 bits per heavy atom. The van der Waals surface area contributed by atoms with Crippen LogP contribution < -0.4 is 0 Å². The molecule has 1 fully saturated rings. The zero-order valence-electron chi connectivity index (χ0n) is 10.9. The summed E-state index contributed by atoms with van der Waals surface area (Å²) in [4.78, 5) is 11.2. The minimum atomic E-state index is 0.702. The van der Waals surface area contributed by atoms with Crippen LogP contribution in [0.15, 0.2) is 12.4 Å². The molecule has 0 aromatic carbocycles. The van der Waals surface area contributed by atoms with Crippen molar-refractivity contribution in [2.75, 3.05) is 13.3 Å². The lowest BCUT2D eigenvalue weighted by atomic mass is 10.2. The van der Waals surface area contributed by atoms with Crippen molar-refractivity contribution in [3.8, 4) is 0 Å². The molecule has 1 aliphatic rings. The molecule has 1 aromatic rings. The number of nitrogens with zero attached hydrogens (tertiary/aromatic N) is 3. The Morgan fingerprint density at radius 2 is 2.18 bits per heavy atom. The van der Waals surface area contributed by atoms with Crippen LogP contribution in [0.1, 0.15) is 30.7 Å². The number of thioether (sulfide) groups is 1. The molecule has 0 aliphatic heterocycles. The third kappa shape index (κ3) is 3.19. The number of hydrogen-bond donors (Lipinski definition) is 0. The molecule has 4 heteroatoms. The minimum absolute atomic E-state index is 0.702. The van der Waals surface area contributed by atoms with E-state index in [0.29, 0.717) is 6.04 Å². The zero-order valence-corrected chi connectivity index (χ0v) is 11.7. The van der Waals surface area contributed by atoms with Gasteiger partial charge in [0, 0.05) is 30.2 Å². The van der Waals surface area contributed by atoms with Gasteiger partial charge in [-0.25, -0.2) is 0 Å². The molecular formula is C13H21N3S. The van der Waals surface area contributed by atoms with Gasteiger partial charge in [0.05, 0.1) is 11.4 Å². The van der Waals surface area contributed by atoms with Crippen LogP contribution in [0.3, 0.4) is 0 Å². The Bertz CT molecular complexity index is 352. The van der Waals surface area contributed by atoms with E-state index in [1.807, 2.05) is 31.1 Å². The fraction of sp³-hybridized carbons (Fsp3) is 0.692. The summed E-state index contributed by atoms with van der Waals surface area (Å²) in [6, 6.07) is 0.702. The van der Waals surface area contributed by atoms with E-state index in [1.54, 1.807) is 0 Å². The second-order valence-electron chi connectivity index (χ2n) is 4.84. The summed E-state index contributed by atoms with van der Waals surface area (Å²) in [6.07, 6.45) is 10.0. The van der Waals surface area contributed by atoms with Crippen molar-refractivity contribution in [1.29, 1.82) is 0 Å². The fourth-order valence-electron chi connectivity index (χ4n) is 2.56. The van der Waals surface area contributed by atoms with Gasteiger partial charge in [-0.1, -0.05) is 6.42 Å². The normalized spacial score (nSPS) is 24.5. The van der Waals surface area contributed by atoms with Crippen LogP contribution in [0.25, 0.3) is 0 Å². The molecule has 2 unspecified atom stereocenters. The van der Waals surface area contributed by atoms with E-state index in [0.717, 1.165) is 23.2 Å². The second kappa shape index (κ2) is 5.83. The lowest BCUT2D eigenvalue weighted by molar-refractivity contribution is 0.239.